The SMILES string of the molecule is Cc1cc(C(=O)CN2C(=O)N[C@@](C)(C3CC3)C2=O)c(C)n1-c1ccc2c(c1)OCO2. The van der Waals surface area contributed by atoms with Crippen LogP contribution in [0.25, 0.3) is 5.69 Å². The van der Waals surface area contributed by atoms with Gasteiger partial charge < -0.3 is 19.4 Å². The minimum atomic E-state index is -0.888. The average molecular weight is 409 g/mol. The van der Waals surface area contributed by atoms with Gasteiger partial charge >= 0.3 is 6.03 Å². The number of urea groups is 1. The predicted molar refractivity (Wildman–Crippen MR) is 107 cm³/mol. The molecule has 1 saturated heterocycles. The van der Waals surface area contributed by atoms with E-state index < -0.39 is 11.6 Å². The van der Waals surface area contributed by atoms with Gasteiger partial charge in [0, 0.05) is 28.7 Å². The van der Waals surface area contributed by atoms with Crippen molar-refractivity contribution in [3.05, 3.63) is 41.2 Å². The Morgan fingerprint density at radius 1 is 1.17 bits per heavy atom. The van der Waals surface area contributed by atoms with Gasteiger partial charge in [0.05, 0.1) is 6.54 Å². The third-order valence-corrected chi connectivity index (χ3v) is 6.34. The van der Waals surface area contributed by atoms with Crippen molar-refractivity contribution < 1.29 is 23.9 Å². The number of nitrogens with one attached hydrogen (secondary N) is 1. The zero-order valence-corrected chi connectivity index (χ0v) is 17.2. The fourth-order valence-electron chi connectivity index (χ4n) is 4.49. The van der Waals surface area contributed by atoms with Gasteiger partial charge in [-0.1, -0.05) is 0 Å². The minimum absolute atomic E-state index is 0.158. The van der Waals surface area contributed by atoms with Gasteiger partial charge in [0.25, 0.3) is 5.91 Å². The highest BCUT2D eigenvalue weighted by Crippen LogP contribution is 2.42. The summed E-state index contributed by atoms with van der Waals surface area (Å²) in [4.78, 5) is 39.3. The number of fused-ring (bicyclic) bond motifs is 1. The molecule has 1 saturated carbocycles. The molecule has 0 bridgehead atoms. The second-order valence-corrected chi connectivity index (χ2v) is 8.38. The lowest BCUT2D eigenvalue weighted by Gasteiger charge is -2.20. The van der Waals surface area contributed by atoms with Crippen LogP contribution < -0.4 is 14.8 Å². The van der Waals surface area contributed by atoms with Crippen LogP contribution in [0, 0.1) is 19.8 Å². The van der Waals surface area contributed by atoms with Crippen molar-refractivity contribution in [1.82, 2.24) is 14.8 Å². The van der Waals surface area contributed by atoms with E-state index in [2.05, 4.69) is 5.32 Å². The number of hydrogen-bond acceptors (Lipinski definition) is 5. The molecule has 8 nitrogen and oxygen atoms in total. The monoisotopic (exact) mass is 409 g/mol. The van der Waals surface area contributed by atoms with Crippen molar-refractivity contribution in [1.29, 1.82) is 0 Å². The van der Waals surface area contributed by atoms with Crippen molar-refractivity contribution in [2.75, 3.05) is 13.3 Å². The first-order valence-corrected chi connectivity index (χ1v) is 10.1. The lowest BCUT2D eigenvalue weighted by molar-refractivity contribution is -0.131. The zero-order valence-electron chi connectivity index (χ0n) is 17.2. The number of carbonyl (C=O) groups is 3. The number of carbonyl (C=O) groups excluding carboxylic acids is 3. The number of amides is 3. The van der Waals surface area contributed by atoms with Crippen LogP contribution in [0.5, 0.6) is 11.5 Å². The Morgan fingerprint density at radius 3 is 2.63 bits per heavy atom. The summed E-state index contributed by atoms with van der Waals surface area (Å²) in [5, 5.41) is 2.78. The van der Waals surface area contributed by atoms with Crippen molar-refractivity contribution in [3.63, 3.8) is 0 Å². The summed E-state index contributed by atoms with van der Waals surface area (Å²) in [5.41, 5.74) is 2.07. The van der Waals surface area contributed by atoms with E-state index in [1.807, 2.05) is 36.6 Å². The van der Waals surface area contributed by atoms with Crippen molar-refractivity contribution in [3.8, 4) is 17.2 Å². The molecule has 156 valence electrons. The third-order valence-electron chi connectivity index (χ3n) is 6.34. The Labute approximate surface area is 173 Å². The molecule has 1 aromatic heterocycles. The molecule has 5 rings (SSSR count). The normalized spacial score (nSPS) is 22.6. The first-order chi connectivity index (χ1) is 14.3. The standard InChI is InChI=1S/C22H23N3O5/c1-12-8-16(13(2)25(12)15-6-7-18-19(9-15)30-11-29-18)17(26)10-24-20(27)22(3,14-4-5-14)23-21(24)28/h6-9,14H,4-5,10-11H2,1-3H3,(H,23,28)/t22-/m0/s1. The number of hydrogen-bond donors (Lipinski definition) is 1. The predicted octanol–water partition coefficient (Wildman–Crippen LogP) is 2.73. The van der Waals surface area contributed by atoms with Crippen molar-refractivity contribution in [2.24, 2.45) is 5.92 Å². The van der Waals surface area contributed by atoms with E-state index in [1.54, 1.807) is 13.0 Å². The number of aromatic nitrogens is 1. The van der Waals surface area contributed by atoms with E-state index in [-0.39, 0.29) is 30.9 Å². The summed E-state index contributed by atoms with van der Waals surface area (Å²) in [6.45, 7) is 5.44. The van der Waals surface area contributed by atoms with Gasteiger partial charge in [-0.3, -0.25) is 14.5 Å². The molecular formula is C22H23N3O5. The highest BCUT2D eigenvalue weighted by atomic mass is 16.7. The Hall–Kier alpha value is -3.29. The lowest BCUT2D eigenvalue weighted by atomic mass is 9.96. The molecule has 2 aliphatic heterocycles. The van der Waals surface area contributed by atoms with E-state index in [9.17, 15) is 14.4 Å². The van der Waals surface area contributed by atoms with Gasteiger partial charge in [-0.15, -0.1) is 0 Å². The zero-order chi connectivity index (χ0) is 21.2. The highest BCUT2D eigenvalue weighted by molar-refractivity contribution is 6.11. The fourth-order valence-corrected chi connectivity index (χ4v) is 4.49. The largest absolute Gasteiger partial charge is 0.454 e. The molecule has 3 heterocycles. The molecule has 0 radical (unpaired) electrons. The molecule has 2 aromatic rings. The summed E-state index contributed by atoms with van der Waals surface area (Å²) < 4.78 is 12.8. The van der Waals surface area contributed by atoms with E-state index in [4.69, 9.17) is 9.47 Å². The molecule has 1 aromatic carbocycles. The molecule has 3 amide bonds. The van der Waals surface area contributed by atoms with Crippen LogP contribution in [-0.4, -0.2) is 46.1 Å². The number of imide groups is 1. The van der Waals surface area contributed by atoms with Gasteiger partial charge in [0.2, 0.25) is 6.79 Å². The van der Waals surface area contributed by atoms with Crippen molar-refractivity contribution >= 4 is 17.7 Å². The molecule has 0 unspecified atom stereocenters. The van der Waals surface area contributed by atoms with Gasteiger partial charge in [-0.05, 0) is 57.7 Å². The Kier molecular flexibility index (Phi) is 3.96. The number of nitrogens with zero attached hydrogens (tertiary/aromatic N) is 2. The summed E-state index contributed by atoms with van der Waals surface area (Å²) in [7, 11) is 0. The van der Waals surface area contributed by atoms with Gasteiger partial charge in [0.15, 0.2) is 17.3 Å². The average Bonchev–Trinajstić information content (AvgIpc) is 3.34. The maximum absolute atomic E-state index is 13.1. The van der Waals surface area contributed by atoms with Crippen LogP contribution in [-0.2, 0) is 4.79 Å². The third kappa shape index (κ3) is 2.70. The molecule has 8 heteroatoms. The van der Waals surface area contributed by atoms with E-state index >= 15 is 0 Å². The number of ketones is 1. The van der Waals surface area contributed by atoms with E-state index in [1.165, 1.54) is 0 Å². The maximum atomic E-state index is 13.1. The second-order valence-electron chi connectivity index (χ2n) is 8.38. The summed E-state index contributed by atoms with van der Waals surface area (Å²) >= 11 is 0. The number of aryl methyl sites for hydroxylation is 1. The van der Waals surface area contributed by atoms with E-state index in [0.29, 0.717) is 17.1 Å². The molecule has 3 aliphatic rings. The topological polar surface area (TPSA) is 89.9 Å². The summed E-state index contributed by atoms with van der Waals surface area (Å²) in [5.74, 6) is 0.929. The highest BCUT2D eigenvalue weighted by Gasteiger charge is 2.56. The summed E-state index contributed by atoms with van der Waals surface area (Å²) in [6, 6.07) is 6.91. The van der Waals surface area contributed by atoms with Crippen LogP contribution in [0.15, 0.2) is 24.3 Å². The van der Waals surface area contributed by atoms with Gasteiger partial charge in [-0.25, -0.2) is 4.79 Å². The molecule has 1 aliphatic carbocycles. The first kappa shape index (κ1) is 18.7. The Morgan fingerprint density at radius 2 is 1.90 bits per heavy atom. The number of Topliss-reactive ketones (excluding diaryl/α,β-unsaturated/α-hetero) is 1. The molecule has 2 fully saturated rings. The van der Waals surface area contributed by atoms with Gasteiger partial charge in [-0.2, -0.15) is 0 Å². The van der Waals surface area contributed by atoms with Crippen molar-refractivity contribution in [2.45, 2.75) is 39.2 Å². The molecule has 0 spiro atoms. The molecule has 1 atom stereocenters. The molecular weight excluding hydrogens is 386 g/mol. The van der Waals surface area contributed by atoms with Crippen LogP contribution in [0.3, 0.4) is 0 Å². The number of ether oxygens (including phenoxy) is 2. The van der Waals surface area contributed by atoms with Gasteiger partial charge in [0.1, 0.15) is 5.54 Å². The lowest BCUT2D eigenvalue weighted by Crippen LogP contribution is -2.46. The van der Waals surface area contributed by atoms with Crippen LogP contribution in [0.2, 0.25) is 0 Å². The number of benzene rings is 1. The fraction of sp³-hybridized carbons (Fsp3) is 0.409. The number of rotatable bonds is 5. The Bertz CT molecular complexity index is 1100. The van der Waals surface area contributed by atoms with E-state index in [0.717, 1.165) is 34.8 Å². The summed E-state index contributed by atoms with van der Waals surface area (Å²) in [6.07, 6.45) is 1.84. The van der Waals surface area contributed by atoms with Crippen LogP contribution >= 0.6 is 0 Å². The van der Waals surface area contributed by atoms with Crippen LogP contribution in [0.1, 0.15) is 41.5 Å². The molecule has 1 N–H and O–H groups in total. The first-order valence-electron chi connectivity index (χ1n) is 10.1. The maximum Gasteiger partial charge on any atom is 0.325 e. The Balaban J connectivity index is 1.41. The minimum Gasteiger partial charge on any atom is -0.454 e. The quantitative estimate of drug-likeness (QED) is 0.606. The smallest absolute Gasteiger partial charge is 0.325 e. The second kappa shape index (κ2) is 6.35. The van der Waals surface area contributed by atoms with Crippen LogP contribution in [0.4, 0.5) is 4.79 Å². The molecule has 30 heavy (non-hydrogen) atoms.